The normalized spacial score (nSPS) is 16.1. The molecule has 37 heavy (non-hydrogen) atoms. The van der Waals surface area contributed by atoms with Gasteiger partial charge in [0.25, 0.3) is 0 Å². The minimum absolute atomic E-state index is 0.0473. The Morgan fingerprint density at radius 2 is 2.00 bits per heavy atom. The molecule has 5 rings (SSSR count). The maximum Gasteiger partial charge on any atom is 0.355 e. The van der Waals surface area contributed by atoms with E-state index in [1.807, 2.05) is 33.1 Å². The van der Waals surface area contributed by atoms with Crippen molar-refractivity contribution in [2.24, 2.45) is 0 Å². The molecule has 0 bridgehead atoms. The number of aryl methyl sites for hydroxylation is 1. The third-order valence-corrected chi connectivity index (χ3v) is 7.43. The highest BCUT2D eigenvalue weighted by Crippen LogP contribution is 2.34. The Bertz CT molecular complexity index is 1540. The summed E-state index contributed by atoms with van der Waals surface area (Å²) >= 11 is 1.42. The van der Waals surface area contributed by atoms with Crippen LogP contribution in [0.4, 0.5) is 10.2 Å². The molecule has 0 saturated carbocycles. The Balaban J connectivity index is 1.90. The van der Waals surface area contributed by atoms with Crippen LogP contribution in [0.5, 0.6) is 0 Å². The topological polar surface area (TPSA) is 88.8 Å². The molecule has 0 aliphatic carbocycles. The van der Waals surface area contributed by atoms with Crippen molar-refractivity contribution >= 4 is 28.6 Å². The largest absolute Gasteiger partial charge is 0.355 e. The Labute approximate surface area is 219 Å². The average molecular weight is 520 g/mol. The van der Waals surface area contributed by atoms with Crippen molar-refractivity contribution in [2.45, 2.75) is 44.7 Å². The number of anilines is 1. The molecule has 0 radical (unpaired) electrons. The molecule has 1 aliphatic rings. The second-order valence-corrected chi connectivity index (χ2v) is 10.4. The van der Waals surface area contributed by atoms with Crippen LogP contribution in [0, 0.1) is 12.7 Å². The maximum absolute atomic E-state index is 15.8. The van der Waals surface area contributed by atoms with Gasteiger partial charge in [-0.1, -0.05) is 13.8 Å². The lowest BCUT2D eigenvalue weighted by Gasteiger charge is -2.35. The van der Waals surface area contributed by atoms with Gasteiger partial charge < -0.3 is 10.2 Å². The Hall–Kier alpha value is -3.37. The molecule has 5 heterocycles. The summed E-state index contributed by atoms with van der Waals surface area (Å²) < 4.78 is 17.3. The number of halogens is 1. The molecule has 1 fully saturated rings. The summed E-state index contributed by atoms with van der Waals surface area (Å²) in [6.07, 6.45) is 5.30. The van der Waals surface area contributed by atoms with Crippen molar-refractivity contribution in [1.29, 1.82) is 0 Å². The van der Waals surface area contributed by atoms with Gasteiger partial charge in [-0.2, -0.15) is 4.98 Å². The van der Waals surface area contributed by atoms with Crippen molar-refractivity contribution < 1.29 is 4.39 Å². The number of piperazine rings is 1. The molecule has 1 atom stereocenters. The fraction of sp³-hybridized carbons (Fsp3) is 0.370. The van der Waals surface area contributed by atoms with Gasteiger partial charge >= 0.3 is 5.69 Å². The van der Waals surface area contributed by atoms with E-state index in [0.29, 0.717) is 39.7 Å². The number of pyridine rings is 3. The number of nitrogens with zero attached hydrogens (tertiary/aromatic N) is 6. The van der Waals surface area contributed by atoms with Gasteiger partial charge in [-0.05, 0) is 55.9 Å². The number of nitrogens with one attached hydrogen (secondary N) is 1. The number of aromatic nitrogens is 5. The standard InChI is InChI=1S/C27H30FN7OS/c1-15(2)21-23(16(3)8-10-30-21)35-25-19(24(33-27(35)36)34-12-11-29-14-17(34)4)13-20(28)22(32-25)18-7-6-9-31-26(18)37-5/h6-10,13,15,17,29H,11-12,14H2,1-5H3/t17-/m0/s1. The van der Waals surface area contributed by atoms with Crippen LogP contribution in [0.25, 0.3) is 28.0 Å². The number of thioether (sulfide) groups is 1. The second kappa shape index (κ2) is 10.2. The van der Waals surface area contributed by atoms with Crippen LogP contribution in [0.3, 0.4) is 0 Å². The van der Waals surface area contributed by atoms with E-state index in [2.05, 4.69) is 32.1 Å². The monoisotopic (exact) mass is 519 g/mol. The van der Waals surface area contributed by atoms with Gasteiger partial charge in [-0.25, -0.2) is 23.7 Å². The summed E-state index contributed by atoms with van der Waals surface area (Å²) in [6, 6.07) is 6.96. The summed E-state index contributed by atoms with van der Waals surface area (Å²) in [4.78, 5) is 34.2. The van der Waals surface area contributed by atoms with Crippen LogP contribution in [-0.2, 0) is 0 Å². The van der Waals surface area contributed by atoms with E-state index in [1.165, 1.54) is 22.4 Å². The Kier molecular flexibility index (Phi) is 6.96. The summed E-state index contributed by atoms with van der Waals surface area (Å²) in [5.74, 6) is 0.0111. The molecule has 1 saturated heterocycles. The lowest BCUT2D eigenvalue weighted by molar-refractivity contribution is 0.497. The molecule has 0 aromatic carbocycles. The average Bonchev–Trinajstić information content (AvgIpc) is 2.89. The SMILES string of the molecule is CSc1ncccc1-c1nc2c(cc1F)c(N1CCNC[C@@H]1C)nc(=O)n2-c1c(C)ccnc1C(C)C. The predicted molar refractivity (Wildman–Crippen MR) is 146 cm³/mol. The van der Waals surface area contributed by atoms with E-state index >= 15 is 4.39 Å². The minimum atomic E-state index is -0.487. The van der Waals surface area contributed by atoms with E-state index in [4.69, 9.17) is 4.98 Å². The van der Waals surface area contributed by atoms with Crippen LogP contribution < -0.4 is 15.9 Å². The summed E-state index contributed by atoms with van der Waals surface area (Å²) in [6.45, 7) is 10.2. The molecule has 0 spiro atoms. The molecule has 8 nitrogen and oxygen atoms in total. The number of hydrogen-bond acceptors (Lipinski definition) is 8. The molecule has 10 heteroatoms. The molecule has 4 aromatic heterocycles. The van der Waals surface area contributed by atoms with E-state index in [0.717, 1.165) is 24.3 Å². The first kappa shape index (κ1) is 25.3. The molecule has 4 aromatic rings. The third-order valence-electron chi connectivity index (χ3n) is 6.72. The van der Waals surface area contributed by atoms with Crippen molar-refractivity contribution in [3.63, 3.8) is 0 Å². The fourth-order valence-corrected chi connectivity index (χ4v) is 5.44. The van der Waals surface area contributed by atoms with Crippen LogP contribution in [0.15, 0.2) is 46.5 Å². The Morgan fingerprint density at radius 1 is 1.19 bits per heavy atom. The highest BCUT2D eigenvalue weighted by Gasteiger charge is 2.27. The first-order valence-corrected chi connectivity index (χ1v) is 13.6. The summed E-state index contributed by atoms with van der Waals surface area (Å²) in [7, 11) is 0. The number of rotatable bonds is 5. The smallest absolute Gasteiger partial charge is 0.351 e. The van der Waals surface area contributed by atoms with E-state index in [1.54, 1.807) is 24.5 Å². The van der Waals surface area contributed by atoms with Crippen molar-refractivity contribution in [2.75, 3.05) is 30.8 Å². The summed E-state index contributed by atoms with van der Waals surface area (Å²) in [5.41, 5.74) is 2.88. The van der Waals surface area contributed by atoms with Gasteiger partial charge in [0, 0.05) is 43.6 Å². The minimum Gasteiger partial charge on any atom is -0.351 e. The highest BCUT2D eigenvalue weighted by molar-refractivity contribution is 7.98. The zero-order chi connectivity index (χ0) is 26.3. The fourth-order valence-electron chi connectivity index (χ4n) is 4.89. The van der Waals surface area contributed by atoms with E-state index < -0.39 is 11.5 Å². The second-order valence-electron chi connectivity index (χ2n) is 9.57. The van der Waals surface area contributed by atoms with Crippen LogP contribution in [0.1, 0.15) is 37.9 Å². The van der Waals surface area contributed by atoms with E-state index in [9.17, 15) is 4.79 Å². The van der Waals surface area contributed by atoms with Gasteiger partial charge in [0.1, 0.15) is 22.4 Å². The summed E-state index contributed by atoms with van der Waals surface area (Å²) in [5, 5.41) is 4.50. The molecule has 1 N–H and O–H groups in total. The molecule has 192 valence electrons. The first-order chi connectivity index (χ1) is 17.8. The van der Waals surface area contributed by atoms with Gasteiger partial charge in [-0.3, -0.25) is 4.98 Å². The third kappa shape index (κ3) is 4.48. The molecule has 0 unspecified atom stereocenters. The number of fused-ring (bicyclic) bond motifs is 1. The van der Waals surface area contributed by atoms with E-state index in [-0.39, 0.29) is 17.7 Å². The van der Waals surface area contributed by atoms with Crippen LogP contribution >= 0.6 is 11.8 Å². The van der Waals surface area contributed by atoms with Crippen molar-refractivity contribution in [3.8, 4) is 16.9 Å². The molecule has 1 aliphatic heterocycles. The van der Waals surface area contributed by atoms with Crippen molar-refractivity contribution in [3.05, 3.63) is 64.2 Å². The first-order valence-electron chi connectivity index (χ1n) is 12.4. The molecular weight excluding hydrogens is 489 g/mol. The molecular formula is C27H30FN7OS. The van der Waals surface area contributed by atoms with Gasteiger partial charge in [0.15, 0.2) is 5.65 Å². The van der Waals surface area contributed by atoms with Crippen LogP contribution in [-0.4, -0.2) is 56.4 Å². The van der Waals surface area contributed by atoms with Crippen molar-refractivity contribution in [1.82, 2.24) is 29.8 Å². The Morgan fingerprint density at radius 3 is 2.73 bits per heavy atom. The lowest BCUT2D eigenvalue weighted by Crippen LogP contribution is -2.50. The molecule has 0 amide bonds. The zero-order valence-electron chi connectivity index (χ0n) is 21.6. The van der Waals surface area contributed by atoms with Gasteiger partial charge in [-0.15, -0.1) is 11.8 Å². The maximum atomic E-state index is 15.8. The zero-order valence-corrected chi connectivity index (χ0v) is 22.4. The number of hydrogen-bond donors (Lipinski definition) is 1. The highest BCUT2D eigenvalue weighted by atomic mass is 32.2. The quantitative estimate of drug-likeness (QED) is 0.390. The van der Waals surface area contributed by atoms with Gasteiger partial charge in [0.2, 0.25) is 0 Å². The lowest BCUT2D eigenvalue weighted by atomic mass is 10.0. The predicted octanol–water partition coefficient (Wildman–Crippen LogP) is 4.33. The van der Waals surface area contributed by atoms with Gasteiger partial charge in [0.05, 0.1) is 16.8 Å². The van der Waals surface area contributed by atoms with Crippen LogP contribution in [0.2, 0.25) is 0 Å².